The quantitative estimate of drug-likeness (QED) is 0.545. The number of rotatable bonds is 5. The molecule has 1 fully saturated rings. The third-order valence-corrected chi connectivity index (χ3v) is 6.85. The number of carbonyl (C=O) groups excluding carboxylic acids is 2. The molecule has 2 heterocycles. The van der Waals surface area contributed by atoms with Gasteiger partial charge in [0.25, 0.3) is 11.8 Å². The molecule has 1 atom stereocenters. The van der Waals surface area contributed by atoms with Gasteiger partial charge in [0.1, 0.15) is 5.69 Å². The van der Waals surface area contributed by atoms with Gasteiger partial charge in [0.15, 0.2) is 0 Å². The van der Waals surface area contributed by atoms with E-state index < -0.39 is 17.5 Å². The van der Waals surface area contributed by atoms with Crippen molar-refractivity contribution in [1.29, 1.82) is 5.26 Å². The van der Waals surface area contributed by atoms with Crippen molar-refractivity contribution in [2.24, 2.45) is 5.41 Å². The normalized spacial score (nSPS) is 18.4. The first-order valence-corrected chi connectivity index (χ1v) is 11.5. The molecular formula is C26H22F3N5O2. The lowest BCUT2D eigenvalue weighted by atomic mass is 9.95. The number of anilines is 2. The lowest BCUT2D eigenvalue weighted by Gasteiger charge is -2.34. The molecule has 2 amide bonds. The second kappa shape index (κ2) is 8.52. The van der Waals surface area contributed by atoms with E-state index in [1.54, 1.807) is 47.4 Å². The summed E-state index contributed by atoms with van der Waals surface area (Å²) in [5.74, 6) is -0.863. The summed E-state index contributed by atoms with van der Waals surface area (Å²) in [5.41, 5.74) is 0.544. The van der Waals surface area contributed by atoms with Crippen LogP contribution < -0.4 is 10.2 Å². The molecule has 0 unspecified atom stereocenters. The zero-order valence-corrected chi connectivity index (χ0v) is 19.3. The van der Waals surface area contributed by atoms with Crippen molar-refractivity contribution in [3.8, 4) is 6.07 Å². The van der Waals surface area contributed by atoms with Gasteiger partial charge in [0.2, 0.25) is 0 Å². The molecule has 0 bridgehead atoms. The highest BCUT2D eigenvalue weighted by Crippen LogP contribution is 2.59. The van der Waals surface area contributed by atoms with E-state index in [-0.39, 0.29) is 48.2 Å². The molecule has 1 aliphatic heterocycles. The lowest BCUT2D eigenvalue weighted by Crippen LogP contribution is -2.47. The van der Waals surface area contributed by atoms with Crippen molar-refractivity contribution in [1.82, 2.24) is 9.78 Å². The van der Waals surface area contributed by atoms with Gasteiger partial charge in [-0.25, -0.2) is 0 Å². The van der Waals surface area contributed by atoms with Gasteiger partial charge in [-0.3, -0.25) is 14.3 Å². The van der Waals surface area contributed by atoms with Gasteiger partial charge in [0, 0.05) is 11.3 Å². The Kier molecular flexibility index (Phi) is 5.58. The minimum atomic E-state index is -4.22. The van der Waals surface area contributed by atoms with Crippen LogP contribution in [-0.2, 0) is 13.0 Å². The molecule has 10 heteroatoms. The van der Waals surface area contributed by atoms with Gasteiger partial charge in [0.05, 0.1) is 41.5 Å². The van der Waals surface area contributed by atoms with Crippen LogP contribution in [0.5, 0.6) is 0 Å². The second-order valence-electron chi connectivity index (χ2n) is 9.38. The first kappa shape index (κ1) is 23.6. The average Bonchev–Trinajstić information content (AvgIpc) is 3.54. The Hall–Kier alpha value is -4.13. The summed E-state index contributed by atoms with van der Waals surface area (Å²) in [6.45, 7) is 2.23. The molecule has 1 N–H and O–H groups in total. The maximum absolute atomic E-state index is 13.5. The van der Waals surface area contributed by atoms with Crippen LogP contribution in [0.4, 0.5) is 24.5 Å². The minimum Gasteiger partial charge on any atom is -0.319 e. The van der Waals surface area contributed by atoms with Gasteiger partial charge in [-0.2, -0.15) is 23.5 Å². The molecule has 1 aliphatic carbocycles. The van der Waals surface area contributed by atoms with Crippen molar-refractivity contribution < 1.29 is 22.8 Å². The Morgan fingerprint density at radius 1 is 1.22 bits per heavy atom. The van der Waals surface area contributed by atoms with E-state index in [4.69, 9.17) is 5.26 Å². The standard InChI is InChI=1S/C26H22F3N5O2/c1-16-15-33-22(21(14-31-33)32-23(35)19-4-2-3-18(11-19)13-30)24(36)34(16)20-7-5-17(6-8-20)12-25(9-10-25)26(27,28)29/h2-8,11,14,16H,9-10,12,15H2,1H3,(H,32,35)/t16-/m0/s1. The molecule has 0 saturated heterocycles. The number of carbonyl (C=O) groups is 2. The van der Waals surface area contributed by atoms with Gasteiger partial charge >= 0.3 is 6.18 Å². The van der Waals surface area contributed by atoms with Gasteiger partial charge in [-0.05, 0) is 62.1 Å². The van der Waals surface area contributed by atoms with Crippen LogP contribution in [0.25, 0.3) is 0 Å². The number of nitrogens with one attached hydrogen (secondary N) is 1. The smallest absolute Gasteiger partial charge is 0.319 e. The van der Waals surface area contributed by atoms with Gasteiger partial charge in [-0.1, -0.05) is 18.2 Å². The van der Waals surface area contributed by atoms with Crippen LogP contribution in [-0.4, -0.2) is 33.8 Å². The van der Waals surface area contributed by atoms with Crippen LogP contribution in [0.1, 0.15) is 51.7 Å². The molecule has 184 valence electrons. The topological polar surface area (TPSA) is 91.0 Å². The Morgan fingerprint density at radius 3 is 2.58 bits per heavy atom. The van der Waals surface area contributed by atoms with Crippen molar-refractivity contribution >= 4 is 23.2 Å². The van der Waals surface area contributed by atoms with Crippen LogP contribution in [0, 0.1) is 16.7 Å². The monoisotopic (exact) mass is 493 g/mol. The highest BCUT2D eigenvalue weighted by molar-refractivity contribution is 6.13. The Morgan fingerprint density at radius 2 is 1.94 bits per heavy atom. The highest BCUT2D eigenvalue weighted by Gasteiger charge is 2.62. The van der Waals surface area contributed by atoms with Gasteiger partial charge < -0.3 is 10.2 Å². The summed E-state index contributed by atoms with van der Waals surface area (Å²) >= 11 is 0. The lowest BCUT2D eigenvalue weighted by molar-refractivity contribution is -0.186. The molecule has 2 aromatic carbocycles. The predicted octanol–water partition coefficient (Wildman–Crippen LogP) is 4.94. The van der Waals surface area contributed by atoms with Crippen LogP contribution in [0.2, 0.25) is 0 Å². The van der Waals surface area contributed by atoms with E-state index in [1.807, 2.05) is 13.0 Å². The predicted molar refractivity (Wildman–Crippen MR) is 125 cm³/mol. The molecule has 0 radical (unpaired) electrons. The van der Waals surface area contributed by atoms with Crippen molar-refractivity contribution in [3.63, 3.8) is 0 Å². The highest BCUT2D eigenvalue weighted by atomic mass is 19.4. The number of hydrogen-bond donors (Lipinski definition) is 1. The molecular weight excluding hydrogens is 471 g/mol. The number of hydrogen-bond acceptors (Lipinski definition) is 4. The molecule has 1 aromatic heterocycles. The third kappa shape index (κ3) is 4.11. The second-order valence-corrected chi connectivity index (χ2v) is 9.38. The number of fused-ring (bicyclic) bond motifs is 1. The molecule has 5 rings (SSSR count). The van der Waals surface area contributed by atoms with E-state index in [2.05, 4.69) is 10.4 Å². The molecule has 3 aromatic rings. The molecule has 0 spiro atoms. The molecule has 36 heavy (non-hydrogen) atoms. The number of nitriles is 1. The molecule has 2 aliphatic rings. The fourth-order valence-electron chi connectivity index (χ4n) is 4.66. The number of halogens is 3. The van der Waals surface area contributed by atoms with Crippen molar-refractivity contribution in [3.05, 3.63) is 77.1 Å². The Labute approximate surface area is 205 Å². The number of amides is 2. The summed E-state index contributed by atoms with van der Waals surface area (Å²) in [6, 6.07) is 14.5. The van der Waals surface area contributed by atoms with E-state index >= 15 is 0 Å². The van der Waals surface area contributed by atoms with Crippen LogP contribution >= 0.6 is 0 Å². The van der Waals surface area contributed by atoms with Gasteiger partial charge in [-0.15, -0.1) is 0 Å². The summed E-state index contributed by atoms with van der Waals surface area (Å²) in [7, 11) is 0. The number of aromatic nitrogens is 2. The summed E-state index contributed by atoms with van der Waals surface area (Å²) < 4.78 is 41.5. The Bertz CT molecular complexity index is 1380. The third-order valence-electron chi connectivity index (χ3n) is 6.85. The number of nitrogens with zero attached hydrogens (tertiary/aromatic N) is 4. The number of benzene rings is 2. The van der Waals surface area contributed by atoms with Crippen molar-refractivity contribution in [2.45, 2.75) is 44.9 Å². The van der Waals surface area contributed by atoms with E-state index in [1.165, 1.54) is 16.9 Å². The fraction of sp³-hybridized carbons (Fsp3) is 0.308. The summed E-state index contributed by atoms with van der Waals surface area (Å²) in [6.07, 6.45) is -2.61. The van der Waals surface area contributed by atoms with E-state index in [0.29, 0.717) is 23.4 Å². The van der Waals surface area contributed by atoms with Crippen molar-refractivity contribution in [2.75, 3.05) is 10.2 Å². The average molecular weight is 493 g/mol. The molecule has 7 nitrogen and oxygen atoms in total. The minimum absolute atomic E-state index is 0.0732. The van der Waals surface area contributed by atoms with Crippen LogP contribution in [0.3, 0.4) is 0 Å². The van der Waals surface area contributed by atoms with E-state index in [0.717, 1.165) is 0 Å². The Balaban J connectivity index is 1.37. The summed E-state index contributed by atoms with van der Waals surface area (Å²) in [4.78, 5) is 27.8. The van der Waals surface area contributed by atoms with E-state index in [9.17, 15) is 22.8 Å². The maximum atomic E-state index is 13.5. The first-order chi connectivity index (χ1) is 17.1. The zero-order chi connectivity index (χ0) is 25.7. The SMILES string of the molecule is C[C@H]1Cn2ncc(NC(=O)c3cccc(C#N)c3)c2C(=O)N1c1ccc(CC2(C(F)(F)F)CC2)cc1. The summed E-state index contributed by atoms with van der Waals surface area (Å²) in [5, 5.41) is 16.0. The maximum Gasteiger partial charge on any atom is 0.394 e. The molecule has 1 saturated carbocycles. The van der Waals surface area contributed by atoms with Crippen LogP contribution in [0.15, 0.2) is 54.7 Å². The zero-order valence-electron chi connectivity index (χ0n) is 19.3. The largest absolute Gasteiger partial charge is 0.394 e. The number of alkyl halides is 3. The first-order valence-electron chi connectivity index (χ1n) is 11.5. The fourth-order valence-corrected chi connectivity index (χ4v) is 4.66.